The third-order valence-electron chi connectivity index (χ3n) is 3.44. The minimum Gasteiger partial charge on any atom is -0.508 e. The first kappa shape index (κ1) is 14.8. The van der Waals surface area contributed by atoms with Crippen molar-refractivity contribution in [3.8, 4) is 5.75 Å². The maximum atomic E-state index is 11.7. The Morgan fingerprint density at radius 1 is 1.09 bits per heavy atom. The van der Waals surface area contributed by atoms with Crippen molar-refractivity contribution in [2.45, 2.75) is 13.8 Å². The number of phenolic OH excluding ortho intramolecular Hbond substituents is 1. The monoisotopic (exact) mass is 308 g/mol. The molecule has 5 heteroatoms. The van der Waals surface area contributed by atoms with E-state index < -0.39 is 5.91 Å². The average Bonchev–Trinajstić information content (AvgIpc) is 2.45. The molecule has 1 heterocycles. The van der Waals surface area contributed by atoms with E-state index in [4.69, 9.17) is 10.2 Å². The number of amides is 1. The third-order valence-corrected chi connectivity index (χ3v) is 3.44. The summed E-state index contributed by atoms with van der Waals surface area (Å²) in [5.74, 6) is -0.544. The van der Waals surface area contributed by atoms with Crippen LogP contribution >= 0.6 is 0 Å². The fraction of sp³-hybridized carbons (Fsp3) is 0.111. The Balaban J connectivity index is 2.31. The van der Waals surface area contributed by atoms with Crippen LogP contribution in [-0.2, 0) is 0 Å². The summed E-state index contributed by atoms with van der Waals surface area (Å²) in [5.41, 5.74) is 8.98. The molecular weight excluding hydrogens is 292 g/mol. The van der Waals surface area contributed by atoms with Gasteiger partial charge in [0, 0.05) is 11.5 Å². The van der Waals surface area contributed by atoms with Crippen molar-refractivity contribution in [1.82, 2.24) is 0 Å². The minimum atomic E-state index is -0.619. The van der Waals surface area contributed by atoms with Gasteiger partial charge in [-0.2, -0.15) is 0 Å². The van der Waals surface area contributed by atoms with Crippen molar-refractivity contribution in [2.24, 2.45) is 10.7 Å². The summed E-state index contributed by atoms with van der Waals surface area (Å²) in [5, 5.41) is 10.2. The normalized spacial score (nSPS) is 11.8. The van der Waals surface area contributed by atoms with Gasteiger partial charge in [-0.05, 0) is 55.3 Å². The topological polar surface area (TPSA) is 88.8 Å². The summed E-state index contributed by atoms with van der Waals surface area (Å²) in [6.07, 6.45) is 0. The number of hydrogen-bond donors (Lipinski definition) is 2. The highest BCUT2D eigenvalue weighted by Crippen LogP contribution is 2.20. The Morgan fingerprint density at radius 3 is 2.43 bits per heavy atom. The molecule has 0 saturated carbocycles. The predicted octanol–water partition coefficient (Wildman–Crippen LogP) is 3.09. The molecule has 116 valence electrons. The first-order chi connectivity index (χ1) is 10.9. The van der Waals surface area contributed by atoms with Crippen LogP contribution in [0.15, 0.2) is 51.9 Å². The van der Waals surface area contributed by atoms with Crippen molar-refractivity contribution in [1.29, 1.82) is 0 Å². The Labute approximate surface area is 132 Å². The molecule has 0 atom stereocenters. The van der Waals surface area contributed by atoms with Gasteiger partial charge < -0.3 is 15.3 Å². The summed E-state index contributed by atoms with van der Waals surface area (Å²) in [6.45, 7) is 3.94. The molecule has 0 fully saturated rings. The number of nitrogens with zero attached hydrogens (tertiary/aromatic N) is 1. The molecule has 3 aromatic rings. The van der Waals surface area contributed by atoms with Crippen LogP contribution in [0.3, 0.4) is 0 Å². The van der Waals surface area contributed by atoms with Gasteiger partial charge in [-0.25, -0.2) is 4.99 Å². The van der Waals surface area contributed by atoms with E-state index in [1.165, 1.54) is 12.1 Å². The van der Waals surface area contributed by atoms with E-state index in [-0.39, 0.29) is 16.9 Å². The van der Waals surface area contributed by atoms with E-state index in [1.54, 1.807) is 12.1 Å². The lowest BCUT2D eigenvalue weighted by atomic mass is 10.1. The lowest BCUT2D eigenvalue weighted by Crippen LogP contribution is -2.21. The van der Waals surface area contributed by atoms with Crippen LogP contribution in [0.25, 0.3) is 11.0 Å². The van der Waals surface area contributed by atoms with E-state index in [0.29, 0.717) is 16.7 Å². The van der Waals surface area contributed by atoms with Crippen LogP contribution in [0.2, 0.25) is 0 Å². The summed E-state index contributed by atoms with van der Waals surface area (Å²) >= 11 is 0. The van der Waals surface area contributed by atoms with Crippen molar-refractivity contribution in [3.63, 3.8) is 0 Å². The molecule has 3 N–H and O–H groups in total. The van der Waals surface area contributed by atoms with Crippen LogP contribution in [0.4, 0.5) is 5.69 Å². The minimum absolute atomic E-state index is 0.0745. The Morgan fingerprint density at radius 2 is 1.78 bits per heavy atom. The fourth-order valence-electron chi connectivity index (χ4n) is 2.50. The number of fused-ring (bicyclic) bond motifs is 1. The standard InChI is InChI=1S/C18H16N2O3/c1-10-5-11(2)7-13(6-10)20-18-15(17(19)22)8-12-3-4-14(21)9-16(12)23-18/h3-9,21H,1-2H3,(H2,19,22). The van der Waals surface area contributed by atoms with Crippen LogP contribution in [0, 0.1) is 13.8 Å². The second kappa shape index (κ2) is 5.61. The van der Waals surface area contributed by atoms with Gasteiger partial charge in [0.2, 0.25) is 5.55 Å². The van der Waals surface area contributed by atoms with E-state index in [9.17, 15) is 9.90 Å². The maximum Gasteiger partial charge on any atom is 0.254 e. The highest BCUT2D eigenvalue weighted by atomic mass is 16.3. The van der Waals surface area contributed by atoms with E-state index in [1.807, 2.05) is 32.0 Å². The van der Waals surface area contributed by atoms with E-state index in [2.05, 4.69) is 4.99 Å². The number of phenols is 1. The summed E-state index contributed by atoms with van der Waals surface area (Å²) < 4.78 is 5.69. The largest absolute Gasteiger partial charge is 0.508 e. The Kier molecular flexibility index (Phi) is 3.62. The molecule has 0 spiro atoms. The van der Waals surface area contributed by atoms with Crippen molar-refractivity contribution < 1.29 is 14.3 Å². The first-order valence-corrected chi connectivity index (χ1v) is 7.12. The number of carbonyl (C=O) groups is 1. The fourth-order valence-corrected chi connectivity index (χ4v) is 2.50. The molecule has 3 rings (SSSR count). The molecule has 1 aromatic heterocycles. The van der Waals surface area contributed by atoms with Gasteiger partial charge in [0.15, 0.2) is 0 Å². The van der Waals surface area contributed by atoms with Crippen molar-refractivity contribution >= 4 is 22.6 Å². The molecule has 0 saturated heterocycles. The van der Waals surface area contributed by atoms with Crippen molar-refractivity contribution in [3.05, 3.63) is 64.7 Å². The molecule has 0 aliphatic rings. The average molecular weight is 308 g/mol. The zero-order valence-corrected chi connectivity index (χ0v) is 12.8. The SMILES string of the molecule is Cc1cc(C)cc(N=c2oc3cc(O)ccc3cc2C(N)=O)c1. The molecule has 0 bridgehead atoms. The lowest BCUT2D eigenvalue weighted by Gasteiger charge is -2.03. The zero-order chi connectivity index (χ0) is 16.6. The number of carbonyl (C=O) groups excluding carboxylic acids is 1. The first-order valence-electron chi connectivity index (χ1n) is 7.12. The summed E-state index contributed by atoms with van der Waals surface area (Å²) in [7, 11) is 0. The van der Waals surface area contributed by atoms with Crippen LogP contribution in [-0.4, -0.2) is 11.0 Å². The van der Waals surface area contributed by atoms with Crippen molar-refractivity contribution in [2.75, 3.05) is 0 Å². The number of rotatable bonds is 2. The maximum absolute atomic E-state index is 11.7. The number of nitrogens with two attached hydrogens (primary N) is 1. The van der Waals surface area contributed by atoms with Gasteiger partial charge in [-0.15, -0.1) is 0 Å². The third kappa shape index (κ3) is 3.08. The molecule has 1 amide bonds. The zero-order valence-electron chi connectivity index (χ0n) is 12.8. The number of hydrogen-bond acceptors (Lipinski definition) is 4. The second-order valence-electron chi connectivity index (χ2n) is 5.51. The molecule has 0 unspecified atom stereocenters. The highest BCUT2D eigenvalue weighted by molar-refractivity contribution is 5.95. The van der Waals surface area contributed by atoms with Crippen LogP contribution in [0.5, 0.6) is 5.75 Å². The van der Waals surface area contributed by atoms with Gasteiger partial charge in [0.05, 0.1) is 5.69 Å². The lowest BCUT2D eigenvalue weighted by molar-refractivity contribution is 0.0996. The quantitative estimate of drug-likeness (QED) is 0.762. The van der Waals surface area contributed by atoms with Gasteiger partial charge >= 0.3 is 0 Å². The second-order valence-corrected chi connectivity index (χ2v) is 5.51. The molecular formula is C18H16N2O3. The van der Waals surface area contributed by atoms with Gasteiger partial charge in [0.1, 0.15) is 16.9 Å². The molecule has 23 heavy (non-hydrogen) atoms. The van der Waals surface area contributed by atoms with E-state index in [0.717, 1.165) is 11.1 Å². The van der Waals surface area contributed by atoms with Gasteiger partial charge in [-0.1, -0.05) is 6.07 Å². The molecule has 0 radical (unpaired) electrons. The molecule has 0 aliphatic heterocycles. The smallest absolute Gasteiger partial charge is 0.254 e. The molecule has 5 nitrogen and oxygen atoms in total. The summed E-state index contributed by atoms with van der Waals surface area (Å²) in [4.78, 5) is 16.1. The number of aromatic hydroxyl groups is 1. The highest BCUT2D eigenvalue weighted by Gasteiger charge is 2.10. The Bertz CT molecular complexity index is 967. The predicted molar refractivity (Wildman–Crippen MR) is 87.5 cm³/mol. The molecule has 2 aromatic carbocycles. The van der Waals surface area contributed by atoms with E-state index >= 15 is 0 Å². The number of benzene rings is 2. The number of aryl methyl sites for hydroxylation is 2. The van der Waals surface area contributed by atoms with Crippen LogP contribution in [0.1, 0.15) is 21.5 Å². The Hall–Kier alpha value is -3.08. The number of primary amides is 1. The van der Waals surface area contributed by atoms with Gasteiger partial charge in [0.25, 0.3) is 5.91 Å². The molecule has 0 aliphatic carbocycles. The van der Waals surface area contributed by atoms with Gasteiger partial charge in [-0.3, -0.25) is 4.79 Å². The summed E-state index contributed by atoms with van der Waals surface area (Å²) in [6, 6.07) is 12.1. The van der Waals surface area contributed by atoms with Crippen LogP contribution < -0.4 is 11.3 Å².